The van der Waals surface area contributed by atoms with Gasteiger partial charge in [-0.05, 0) is 0 Å². The molecule has 0 aromatic heterocycles. The van der Waals surface area contributed by atoms with E-state index in [9.17, 15) is 13.2 Å². The Bertz CT molecular complexity index is 195. The Morgan fingerprint density at radius 3 is 2.27 bits per heavy atom. The third-order valence-electron chi connectivity index (χ3n) is 0.794. The molecule has 0 rings (SSSR count). The molecule has 0 saturated carbocycles. The number of alkyl halides is 3. The zero-order chi connectivity index (χ0) is 8.91. The van der Waals surface area contributed by atoms with Gasteiger partial charge in [0.15, 0.2) is 6.19 Å². The van der Waals surface area contributed by atoms with Gasteiger partial charge in [-0.15, -0.1) is 6.42 Å². The molecule has 0 aliphatic rings. The second kappa shape index (κ2) is 3.72. The summed E-state index contributed by atoms with van der Waals surface area (Å²) in [6.45, 7) is -1.59. The van der Waals surface area contributed by atoms with Crippen LogP contribution in [0, 0.1) is 23.8 Å². The van der Waals surface area contributed by atoms with Crippen molar-refractivity contribution in [3.05, 3.63) is 0 Å². The molecule has 0 heterocycles. The first-order chi connectivity index (χ1) is 4.99. The van der Waals surface area contributed by atoms with Crippen molar-refractivity contribution in [3.8, 4) is 18.5 Å². The maximum absolute atomic E-state index is 11.6. The second-order valence-corrected chi connectivity index (χ2v) is 1.78. The Labute approximate surface area is 62.2 Å². The molecule has 0 spiro atoms. The van der Waals surface area contributed by atoms with Gasteiger partial charge in [-0.1, -0.05) is 5.92 Å². The van der Waals surface area contributed by atoms with Crippen LogP contribution in [0.5, 0.6) is 0 Å². The topological polar surface area (TPSA) is 27.0 Å². The van der Waals surface area contributed by atoms with Gasteiger partial charge in [0.05, 0.1) is 6.54 Å². The molecule has 0 aliphatic carbocycles. The summed E-state index contributed by atoms with van der Waals surface area (Å²) in [7, 11) is 0. The number of halogens is 3. The molecule has 0 saturated heterocycles. The molecule has 0 aliphatic heterocycles. The molecule has 60 valence electrons. The van der Waals surface area contributed by atoms with Gasteiger partial charge in [-0.2, -0.15) is 18.4 Å². The van der Waals surface area contributed by atoms with Crippen LogP contribution in [0.15, 0.2) is 0 Å². The van der Waals surface area contributed by atoms with Crippen LogP contribution in [0.2, 0.25) is 0 Å². The number of nitriles is 1. The van der Waals surface area contributed by atoms with Crippen LogP contribution < -0.4 is 0 Å². The van der Waals surface area contributed by atoms with Crippen molar-refractivity contribution in [2.24, 2.45) is 0 Å². The van der Waals surface area contributed by atoms with Gasteiger partial charge in [0.1, 0.15) is 6.54 Å². The van der Waals surface area contributed by atoms with Gasteiger partial charge in [0.2, 0.25) is 0 Å². The molecule has 0 fully saturated rings. The molecule has 5 heteroatoms. The van der Waals surface area contributed by atoms with Crippen LogP contribution in [-0.4, -0.2) is 24.2 Å². The number of terminal acetylenes is 1. The van der Waals surface area contributed by atoms with Gasteiger partial charge < -0.3 is 0 Å². The van der Waals surface area contributed by atoms with Crippen molar-refractivity contribution in [2.75, 3.05) is 13.1 Å². The highest BCUT2D eigenvalue weighted by Gasteiger charge is 2.30. The fraction of sp³-hybridized carbons (Fsp3) is 0.500. The number of hydrogen-bond acceptors (Lipinski definition) is 2. The molecule has 0 radical (unpaired) electrons. The zero-order valence-electron chi connectivity index (χ0n) is 5.52. The predicted molar refractivity (Wildman–Crippen MR) is 32.1 cm³/mol. The molecule has 0 bridgehead atoms. The summed E-state index contributed by atoms with van der Waals surface area (Å²) < 4.78 is 34.7. The van der Waals surface area contributed by atoms with Crippen molar-refractivity contribution >= 4 is 0 Å². The van der Waals surface area contributed by atoms with Crippen molar-refractivity contribution in [2.45, 2.75) is 6.18 Å². The smallest absolute Gasteiger partial charge is 0.290 e. The fourth-order valence-corrected chi connectivity index (χ4v) is 0.453. The Morgan fingerprint density at radius 1 is 1.45 bits per heavy atom. The maximum atomic E-state index is 11.6. The molecule has 0 atom stereocenters. The molecule has 0 amide bonds. The van der Waals surface area contributed by atoms with E-state index in [0.717, 1.165) is 0 Å². The third-order valence-corrected chi connectivity index (χ3v) is 0.794. The van der Waals surface area contributed by atoms with E-state index in [4.69, 9.17) is 11.7 Å². The molecular formula is C6H5F3N2. The summed E-state index contributed by atoms with van der Waals surface area (Å²) in [6, 6.07) is 0. The molecule has 0 aromatic rings. The number of nitrogens with zero attached hydrogens (tertiary/aromatic N) is 2. The number of rotatable bonds is 2. The van der Waals surface area contributed by atoms with E-state index in [-0.39, 0.29) is 6.54 Å². The lowest BCUT2D eigenvalue weighted by Crippen LogP contribution is -2.30. The predicted octanol–water partition coefficient (Wildman–Crippen LogP) is 0.965. The lowest BCUT2D eigenvalue weighted by atomic mass is 10.5. The van der Waals surface area contributed by atoms with Crippen LogP contribution in [0.25, 0.3) is 0 Å². The van der Waals surface area contributed by atoms with E-state index >= 15 is 0 Å². The van der Waals surface area contributed by atoms with Gasteiger partial charge in [-0.3, -0.25) is 4.90 Å². The zero-order valence-corrected chi connectivity index (χ0v) is 5.52. The molecule has 0 unspecified atom stereocenters. The van der Waals surface area contributed by atoms with Gasteiger partial charge in [0, 0.05) is 0 Å². The largest absolute Gasteiger partial charge is 0.406 e. The average Bonchev–Trinajstić information content (AvgIpc) is 1.84. The van der Waals surface area contributed by atoms with Crippen molar-refractivity contribution in [1.29, 1.82) is 5.26 Å². The normalized spacial score (nSPS) is 9.91. The minimum Gasteiger partial charge on any atom is -0.290 e. The van der Waals surface area contributed by atoms with Crippen LogP contribution >= 0.6 is 0 Å². The lowest BCUT2D eigenvalue weighted by Gasteiger charge is -2.13. The maximum Gasteiger partial charge on any atom is 0.406 e. The molecule has 0 N–H and O–H groups in total. The molecular weight excluding hydrogens is 157 g/mol. The minimum atomic E-state index is -4.37. The summed E-state index contributed by atoms with van der Waals surface area (Å²) in [6.07, 6.45) is 1.68. The van der Waals surface area contributed by atoms with Crippen LogP contribution in [0.1, 0.15) is 0 Å². The standard InChI is InChI=1S/C6H5F3N2/c1-2-3-11(5-10)4-6(7,8)9/h1H,3-4H2. The SMILES string of the molecule is C#CCN(C#N)CC(F)(F)F. The monoisotopic (exact) mass is 162 g/mol. The Balaban J connectivity index is 3.93. The summed E-state index contributed by atoms with van der Waals surface area (Å²) in [4.78, 5) is 0.458. The van der Waals surface area contributed by atoms with E-state index in [1.807, 2.05) is 5.92 Å². The molecule has 2 nitrogen and oxygen atoms in total. The van der Waals surface area contributed by atoms with Crippen LogP contribution in [0.3, 0.4) is 0 Å². The van der Waals surface area contributed by atoms with Gasteiger partial charge in [0.25, 0.3) is 0 Å². The lowest BCUT2D eigenvalue weighted by molar-refractivity contribution is -0.138. The van der Waals surface area contributed by atoms with Gasteiger partial charge in [-0.25, -0.2) is 0 Å². The summed E-state index contributed by atoms with van der Waals surface area (Å²) >= 11 is 0. The average molecular weight is 162 g/mol. The van der Waals surface area contributed by atoms with Crippen molar-refractivity contribution in [3.63, 3.8) is 0 Å². The minimum absolute atomic E-state index is 0.310. The van der Waals surface area contributed by atoms with E-state index in [1.54, 1.807) is 0 Å². The highest BCUT2D eigenvalue weighted by Crippen LogP contribution is 2.15. The second-order valence-electron chi connectivity index (χ2n) is 1.78. The molecule has 11 heavy (non-hydrogen) atoms. The van der Waals surface area contributed by atoms with Crippen LogP contribution in [0.4, 0.5) is 13.2 Å². The highest BCUT2D eigenvalue weighted by molar-refractivity contribution is 4.92. The van der Waals surface area contributed by atoms with E-state index in [2.05, 4.69) is 0 Å². The summed E-state index contributed by atoms with van der Waals surface area (Å²) in [5.41, 5.74) is 0. The van der Waals surface area contributed by atoms with Gasteiger partial charge >= 0.3 is 6.18 Å². The Hall–Kier alpha value is -1.36. The Morgan fingerprint density at radius 2 is 2.00 bits per heavy atom. The van der Waals surface area contributed by atoms with Crippen molar-refractivity contribution < 1.29 is 13.2 Å². The quantitative estimate of drug-likeness (QED) is 0.343. The first-order valence-corrected chi connectivity index (χ1v) is 2.64. The fourth-order valence-electron chi connectivity index (χ4n) is 0.453. The van der Waals surface area contributed by atoms with E-state index < -0.39 is 12.7 Å². The highest BCUT2D eigenvalue weighted by atomic mass is 19.4. The van der Waals surface area contributed by atoms with Crippen LogP contribution in [-0.2, 0) is 0 Å². The first kappa shape index (κ1) is 9.64. The summed E-state index contributed by atoms with van der Waals surface area (Å²) in [5, 5.41) is 8.10. The van der Waals surface area contributed by atoms with Crippen molar-refractivity contribution in [1.82, 2.24) is 4.90 Å². The third kappa shape index (κ3) is 5.10. The van der Waals surface area contributed by atoms with E-state index in [0.29, 0.717) is 4.90 Å². The molecule has 0 aromatic carbocycles. The first-order valence-electron chi connectivity index (χ1n) is 2.64. The Kier molecular flexibility index (Phi) is 3.26. The summed E-state index contributed by atoms with van der Waals surface area (Å²) in [5.74, 6) is 1.94. The number of hydrogen-bond donors (Lipinski definition) is 0. The van der Waals surface area contributed by atoms with E-state index in [1.165, 1.54) is 6.19 Å².